The van der Waals surface area contributed by atoms with Gasteiger partial charge in [0.15, 0.2) is 6.10 Å². The quantitative estimate of drug-likeness (QED) is 0.132. The normalized spacial score (nSPS) is 10.4. The summed E-state index contributed by atoms with van der Waals surface area (Å²) < 4.78 is 11.0. The Kier molecular flexibility index (Phi) is 18.1. The number of hydrogen-bond donors (Lipinski definition) is 0. The van der Waals surface area contributed by atoms with Gasteiger partial charge in [0.1, 0.15) is 6.61 Å². The molecule has 0 radical (unpaired) electrons. The first-order valence-electron chi connectivity index (χ1n) is 15.5. The number of carbonyl (C=O) groups is 2. The van der Waals surface area contributed by atoms with Crippen molar-refractivity contribution < 1.29 is 19.1 Å². The Labute approximate surface area is 281 Å². The molecule has 0 aromatic heterocycles. The lowest BCUT2D eigenvalue weighted by Crippen LogP contribution is -2.24. The van der Waals surface area contributed by atoms with Gasteiger partial charge in [0.05, 0.1) is 11.1 Å². The molecule has 0 spiro atoms. The first-order valence-corrected chi connectivity index (χ1v) is 15.5. The summed E-state index contributed by atoms with van der Waals surface area (Å²) in [6.07, 6.45) is 18.1. The van der Waals surface area contributed by atoms with E-state index < -0.39 is 18.0 Å². The molecular formula is C41H42N2O4. The standard InChI is InChI=1S/C41H42N2O4/c1-6-7-8-9-10-11-12-13-14-15-16-17-18-19-20-21-22-23-24-25-39(47-41(45)36-28-32-38(33-29-36)43(4)5)34-46-40(44)35-26-30-37(31-27-35)42(2)3/h1,7-8,13-14,26-33,39H,9-12,19-21,34H2,2-5H3/b8-7-,14-13-/t39-/m1/s1. The lowest BCUT2D eigenvalue weighted by Gasteiger charge is -2.15. The second-order valence-corrected chi connectivity index (χ2v) is 10.6. The van der Waals surface area contributed by atoms with Gasteiger partial charge in [0.2, 0.25) is 0 Å². The highest BCUT2D eigenvalue weighted by Gasteiger charge is 2.17. The second kappa shape index (κ2) is 22.7. The van der Waals surface area contributed by atoms with Crippen molar-refractivity contribution in [3.8, 4) is 59.7 Å². The molecule has 6 heteroatoms. The zero-order valence-corrected chi connectivity index (χ0v) is 27.8. The summed E-state index contributed by atoms with van der Waals surface area (Å²) in [4.78, 5) is 29.3. The topological polar surface area (TPSA) is 59.1 Å². The van der Waals surface area contributed by atoms with Crippen molar-refractivity contribution in [3.63, 3.8) is 0 Å². The molecule has 0 N–H and O–H groups in total. The Morgan fingerprint density at radius 1 is 0.723 bits per heavy atom. The molecule has 0 unspecified atom stereocenters. The van der Waals surface area contributed by atoms with Crippen LogP contribution in [-0.4, -0.2) is 52.8 Å². The fourth-order valence-corrected chi connectivity index (χ4v) is 3.82. The number of unbranched alkanes of at least 4 members (excludes halogenated alkanes) is 5. The number of anilines is 2. The molecule has 0 heterocycles. The van der Waals surface area contributed by atoms with Crippen molar-refractivity contribution in [2.45, 2.75) is 51.0 Å². The lowest BCUT2D eigenvalue weighted by molar-refractivity contribution is 0.0134. The Bertz CT molecular complexity index is 1640. The molecule has 0 fully saturated rings. The minimum Gasteiger partial charge on any atom is -0.457 e. The molecule has 2 rings (SSSR count). The van der Waals surface area contributed by atoms with Gasteiger partial charge in [0.25, 0.3) is 0 Å². The number of nitrogens with zero attached hydrogens (tertiary/aromatic N) is 2. The molecule has 0 saturated carbocycles. The average Bonchev–Trinajstić information content (AvgIpc) is 3.07. The Hall–Kier alpha value is -5.74. The molecule has 0 aliphatic heterocycles. The van der Waals surface area contributed by atoms with Gasteiger partial charge in [-0.3, -0.25) is 0 Å². The number of allylic oxidation sites excluding steroid dienone is 4. The molecule has 240 valence electrons. The van der Waals surface area contributed by atoms with Gasteiger partial charge in [0, 0.05) is 52.4 Å². The summed E-state index contributed by atoms with van der Waals surface area (Å²) >= 11 is 0. The number of esters is 2. The van der Waals surface area contributed by atoms with Crippen molar-refractivity contribution in [1.82, 2.24) is 0 Å². The van der Waals surface area contributed by atoms with Gasteiger partial charge in [-0.2, -0.15) is 0 Å². The van der Waals surface area contributed by atoms with Gasteiger partial charge in [-0.25, -0.2) is 9.59 Å². The van der Waals surface area contributed by atoms with E-state index in [4.69, 9.17) is 15.9 Å². The molecule has 47 heavy (non-hydrogen) atoms. The van der Waals surface area contributed by atoms with E-state index in [2.05, 4.69) is 59.4 Å². The lowest BCUT2D eigenvalue weighted by atomic mass is 10.2. The fourth-order valence-electron chi connectivity index (χ4n) is 3.82. The molecule has 0 aliphatic rings. The van der Waals surface area contributed by atoms with Gasteiger partial charge in [-0.15, -0.1) is 6.42 Å². The number of ether oxygens (including phenoxy) is 2. The average molecular weight is 627 g/mol. The van der Waals surface area contributed by atoms with Crippen LogP contribution in [0.5, 0.6) is 0 Å². The Balaban J connectivity index is 1.89. The fraction of sp³-hybridized carbons (Fsp3) is 0.317. The highest BCUT2D eigenvalue weighted by Crippen LogP contribution is 2.15. The van der Waals surface area contributed by atoms with E-state index in [0.717, 1.165) is 43.5 Å². The molecule has 0 aliphatic carbocycles. The predicted octanol–water partition coefficient (Wildman–Crippen LogP) is 6.69. The van der Waals surface area contributed by atoms with E-state index in [1.54, 1.807) is 30.3 Å². The van der Waals surface area contributed by atoms with Crippen molar-refractivity contribution in [2.75, 3.05) is 44.6 Å². The molecule has 0 amide bonds. The first-order chi connectivity index (χ1) is 22.8. The van der Waals surface area contributed by atoms with Gasteiger partial charge >= 0.3 is 11.9 Å². The van der Waals surface area contributed by atoms with E-state index in [1.165, 1.54) is 0 Å². The number of hydrogen-bond acceptors (Lipinski definition) is 6. The SMILES string of the molecule is C#C/C=C\CCCC/C=C\C#CC#CCCCC#CC#C[C@H](COC(=O)c1ccc(N(C)C)cc1)OC(=O)c1ccc(N(C)C)cc1. The van der Waals surface area contributed by atoms with Crippen molar-refractivity contribution >= 4 is 23.3 Å². The monoisotopic (exact) mass is 626 g/mol. The highest BCUT2D eigenvalue weighted by molar-refractivity contribution is 5.91. The molecule has 0 bridgehead atoms. The third-order valence-corrected chi connectivity index (χ3v) is 6.47. The number of carbonyl (C=O) groups excluding carboxylic acids is 2. The van der Waals surface area contributed by atoms with E-state index in [0.29, 0.717) is 24.0 Å². The summed E-state index contributed by atoms with van der Waals surface area (Å²) in [6, 6.07) is 14.0. The van der Waals surface area contributed by atoms with Crippen LogP contribution in [0.15, 0.2) is 72.8 Å². The van der Waals surface area contributed by atoms with Crippen LogP contribution in [0, 0.1) is 59.7 Å². The van der Waals surface area contributed by atoms with Crippen molar-refractivity contribution in [2.24, 2.45) is 0 Å². The van der Waals surface area contributed by atoms with Crippen molar-refractivity contribution in [1.29, 1.82) is 0 Å². The minimum atomic E-state index is -0.996. The summed E-state index contributed by atoms with van der Waals surface area (Å²) in [7, 11) is 7.66. The summed E-state index contributed by atoms with van der Waals surface area (Å²) in [5, 5.41) is 0. The zero-order chi connectivity index (χ0) is 34.1. The van der Waals surface area contributed by atoms with Crippen molar-refractivity contribution in [3.05, 3.63) is 84.0 Å². The Morgan fingerprint density at radius 3 is 1.81 bits per heavy atom. The predicted molar refractivity (Wildman–Crippen MR) is 192 cm³/mol. The largest absolute Gasteiger partial charge is 0.457 e. The van der Waals surface area contributed by atoms with Gasteiger partial charge in [-0.05, 0) is 122 Å². The summed E-state index contributed by atoms with van der Waals surface area (Å²) in [5.41, 5.74) is 2.65. The van der Waals surface area contributed by atoms with Crippen LogP contribution < -0.4 is 9.80 Å². The summed E-state index contributed by atoms with van der Waals surface area (Å²) in [6.45, 7) is -0.235. The molecule has 2 aromatic rings. The number of benzene rings is 2. The van der Waals surface area contributed by atoms with Crippen LogP contribution >= 0.6 is 0 Å². The molecule has 2 aromatic carbocycles. The molecule has 0 saturated heterocycles. The van der Waals surface area contributed by atoms with Crippen LogP contribution in [0.2, 0.25) is 0 Å². The number of terminal acetylenes is 1. The highest BCUT2D eigenvalue weighted by atomic mass is 16.6. The van der Waals surface area contributed by atoms with Crippen LogP contribution in [-0.2, 0) is 9.47 Å². The zero-order valence-electron chi connectivity index (χ0n) is 27.8. The van der Waals surface area contributed by atoms with E-state index in [9.17, 15) is 9.59 Å². The third kappa shape index (κ3) is 16.2. The summed E-state index contributed by atoms with van der Waals surface area (Å²) in [5.74, 6) is 24.3. The minimum absolute atomic E-state index is 0.235. The van der Waals surface area contributed by atoms with E-state index in [1.807, 2.05) is 74.4 Å². The van der Waals surface area contributed by atoms with Crippen LogP contribution in [0.4, 0.5) is 11.4 Å². The molecule has 6 nitrogen and oxygen atoms in total. The van der Waals surface area contributed by atoms with Crippen LogP contribution in [0.25, 0.3) is 0 Å². The van der Waals surface area contributed by atoms with E-state index >= 15 is 0 Å². The molecular weight excluding hydrogens is 584 g/mol. The van der Waals surface area contributed by atoms with E-state index in [-0.39, 0.29) is 6.61 Å². The third-order valence-electron chi connectivity index (χ3n) is 6.47. The van der Waals surface area contributed by atoms with Gasteiger partial charge in [-0.1, -0.05) is 35.8 Å². The number of rotatable bonds is 14. The van der Waals surface area contributed by atoms with Gasteiger partial charge < -0.3 is 19.3 Å². The second-order valence-electron chi connectivity index (χ2n) is 10.6. The van der Waals surface area contributed by atoms with Crippen LogP contribution in [0.1, 0.15) is 65.7 Å². The Morgan fingerprint density at radius 2 is 1.26 bits per heavy atom. The maximum absolute atomic E-state index is 12.8. The van der Waals surface area contributed by atoms with Crippen LogP contribution in [0.3, 0.4) is 0 Å². The maximum Gasteiger partial charge on any atom is 0.339 e. The first kappa shape index (κ1) is 37.4. The maximum atomic E-state index is 12.8. The smallest absolute Gasteiger partial charge is 0.339 e. The molecule has 1 atom stereocenters.